The molecule has 1 aromatic rings. The van der Waals surface area contributed by atoms with E-state index in [2.05, 4.69) is 0 Å². The molecule has 1 aromatic carbocycles. The number of amides is 1. The van der Waals surface area contributed by atoms with Crippen LogP contribution in [0.3, 0.4) is 0 Å². The van der Waals surface area contributed by atoms with Crippen molar-refractivity contribution in [3.63, 3.8) is 0 Å². The molecule has 0 heterocycles. The van der Waals surface area contributed by atoms with Crippen LogP contribution in [0.2, 0.25) is 0 Å². The minimum atomic E-state index is -6.18. The molecule has 0 saturated heterocycles. The average Bonchev–Trinajstić information content (AvgIpc) is 2.56. The van der Waals surface area contributed by atoms with Gasteiger partial charge < -0.3 is 19.9 Å². The zero-order chi connectivity index (χ0) is 23.4. The molecule has 0 radical (unpaired) electrons. The third-order valence-corrected chi connectivity index (χ3v) is 3.63. The Balaban J connectivity index is 3.07. The second-order valence-electron chi connectivity index (χ2n) is 7.35. The third-order valence-electron chi connectivity index (χ3n) is 3.63. The maximum Gasteiger partial charge on any atom is 0.426 e. The molecule has 0 bridgehead atoms. The standard InChI is InChI=1S/C18H21F6NO5/c1-15(2,3)30-13(26)12(9-16(28,17(19,20)21)18(22,23)24)25-14(27)29-10-11-7-5-4-6-8-11/h4-8,12,28H,9-10H2,1-3H3,(H,25,27)/t12-/m0/s1. The summed E-state index contributed by atoms with van der Waals surface area (Å²) in [5, 5.41) is 11.0. The normalized spacial score (nSPS) is 14.1. The number of hydrogen-bond donors (Lipinski definition) is 2. The van der Waals surface area contributed by atoms with E-state index in [0.717, 1.165) is 0 Å². The molecule has 0 aliphatic rings. The molecule has 1 amide bonds. The minimum Gasteiger partial charge on any atom is -0.458 e. The third kappa shape index (κ3) is 7.08. The lowest BCUT2D eigenvalue weighted by molar-refractivity contribution is -0.370. The summed E-state index contributed by atoms with van der Waals surface area (Å²) < 4.78 is 87.5. The molecular formula is C18H21F6NO5. The minimum absolute atomic E-state index is 0.365. The maximum atomic E-state index is 13.0. The van der Waals surface area contributed by atoms with Crippen molar-refractivity contribution in [2.75, 3.05) is 0 Å². The number of benzene rings is 1. The van der Waals surface area contributed by atoms with Gasteiger partial charge in [0.25, 0.3) is 5.60 Å². The van der Waals surface area contributed by atoms with Crippen LogP contribution in [-0.4, -0.2) is 46.8 Å². The van der Waals surface area contributed by atoms with E-state index in [0.29, 0.717) is 5.56 Å². The number of aliphatic hydroxyl groups is 1. The number of esters is 1. The number of carbonyl (C=O) groups excluding carboxylic acids is 2. The van der Waals surface area contributed by atoms with Crippen LogP contribution < -0.4 is 5.32 Å². The van der Waals surface area contributed by atoms with Crippen LogP contribution >= 0.6 is 0 Å². The molecule has 0 unspecified atom stereocenters. The van der Waals surface area contributed by atoms with Gasteiger partial charge in [-0.05, 0) is 26.3 Å². The smallest absolute Gasteiger partial charge is 0.426 e. The van der Waals surface area contributed by atoms with Crippen molar-refractivity contribution in [1.29, 1.82) is 0 Å². The fourth-order valence-corrected chi connectivity index (χ4v) is 2.16. The molecule has 0 aliphatic heterocycles. The van der Waals surface area contributed by atoms with E-state index in [4.69, 9.17) is 9.47 Å². The highest BCUT2D eigenvalue weighted by Gasteiger charge is 2.71. The van der Waals surface area contributed by atoms with Crippen LogP contribution in [0.1, 0.15) is 32.8 Å². The van der Waals surface area contributed by atoms with Crippen LogP contribution in [0, 0.1) is 0 Å². The first kappa shape index (κ1) is 25.5. The molecule has 1 atom stereocenters. The molecule has 2 N–H and O–H groups in total. The van der Waals surface area contributed by atoms with E-state index in [1.165, 1.54) is 20.8 Å². The second kappa shape index (κ2) is 9.11. The van der Waals surface area contributed by atoms with E-state index in [9.17, 15) is 41.0 Å². The zero-order valence-electron chi connectivity index (χ0n) is 16.2. The summed E-state index contributed by atoms with van der Waals surface area (Å²) in [4.78, 5) is 24.1. The molecule has 0 aliphatic carbocycles. The Morgan fingerprint density at radius 1 is 1.00 bits per heavy atom. The largest absolute Gasteiger partial charge is 0.458 e. The summed E-state index contributed by atoms with van der Waals surface area (Å²) in [6.45, 7) is 3.58. The summed E-state index contributed by atoms with van der Waals surface area (Å²) >= 11 is 0. The highest BCUT2D eigenvalue weighted by Crippen LogP contribution is 2.46. The number of rotatable bonds is 6. The van der Waals surface area contributed by atoms with Gasteiger partial charge in [0.05, 0.1) is 0 Å². The van der Waals surface area contributed by atoms with Crippen molar-refractivity contribution in [2.45, 2.75) is 63.4 Å². The van der Waals surface area contributed by atoms with Gasteiger partial charge in [-0.2, -0.15) is 26.3 Å². The molecule has 1 rings (SSSR count). The fourth-order valence-electron chi connectivity index (χ4n) is 2.16. The number of ether oxygens (including phenoxy) is 2. The zero-order valence-corrected chi connectivity index (χ0v) is 16.2. The topological polar surface area (TPSA) is 84.9 Å². The predicted octanol–water partition coefficient (Wildman–Crippen LogP) is 3.87. The second-order valence-corrected chi connectivity index (χ2v) is 7.35. The van der Waals surface area contributed by atoms with E-state index >= 15 is 0 Å². The van der Waals surface area contributed by atoms with Gasteiger partial charge in [0.2, 0.25) is 0 Å². The number of alkyl carbamates (subject to hydrolysis) is 1. The summed E-state index contributed by atoms with van der Waals surface area (Å²) in [7, 11) is 0. The van der Waals surface area contributed by atoms with Gasteiger partial charge in [-0.3, -0.25) is 0 Å². The maximum absolute atomic E-state index is 13.0. The molecular weight excluding hydrogens is 424 g/mol. The lowest BCUT2D eigenvalue weighted by atomic mass is 9.93. The lowest BCUT2D eigenvalue weighted by Crippen LogP contribution is -2.61. The Labute approximate surface area is 168 Å². The molecule has 6 nitrogen and oxygen atoms in total. The van der Waals surface area contributed by atoms with Crippen LogP contribution in [-0.2, 0) is 20.9 Å². The highest BCUT2D eigenvalue weighted by atomic mass is 19.4. The van der Waals surface area contributed by atoms with Gasteiger partial charge in [0, 0.05) is 6.42 Å². The molecule has 0 fully saturated rings. The Bertz CT molecular complexity index is 713. The van der Waals surface area contributed by atoms with Gasteiger partial charge in [-0.25, -0.2) is 9.59 Å². The van der Waals surface area contributed by atoms with E-state index in [-0.39, 0.29) is 6.61 Å². The number of halogens is 6. The van der Waals surface area contributed by atoms with Gasteiger partial charge in [0.15, 0.2) is 0 Å². The molecule has 0 aromatic heterocycles. The summed E-state index contributed by atoms with van der Waals surface area (Å²) in [5.74, 6) is -1.61. The SMILES string of the molecule is CC(C)(C)OC(=O)[C@H](CC(O)(C(F)(F)F)C(F)(F)F)NC(=O)OCc1ccccc1. The van der Waals surface area contributed by atoms with Crippen LogP contribution in [0.5, 0.6) is 0 Å². The van der Waals surface area contributed by atoms with Crippen molar-refractivity contribution in [2.24, 2.45) is 0 Å². The number of alkyl halides is 6. The summed E-state index contributed by atoms with van der Waals surface area (Å²) in [6.07, 6.45) is -16.1. The van der Waals surface area contributed by atoms with Gasteiger partial charge >= 0.3 is 24.4 Å². The number of hydrogen-bond acceptors (Lipinski definition) is 5. The Kier molecular flexibility index (Phi) is 7.75. The molecule has 0 saturated carbocycles. The number of nitrogens with one attached hydrogen (secondary N) is 1. The Hall–Kier alpha value is -2.50. The first-order valence-electron chi connectivity index (χ1n) is 8.52. The highest BCUT2D eigenvalue weighted by molar-refractivity contribution is 5.81. The van der Waals surface area contributed by atoms with Crippen molar-refractivity contribution in [3.8, 4) is 0 Å². The van der Waals surface area contributed by atoms with Crippen LogP contribution in [0.4, 0.5) is 31.1 Å². The van der Waals surface area contributed by atoms with Crippen molar-refractivity contribution >= 4 is 12.1 Å². The predicted molar refractivity (Wildman–Crippen MR) is 91.1 cm³/mol. The van der Waals surface area contributed by atoms with Gasteiger partial charge in [0.1, 0.15) is 18.2 Å². The van der Waals surface area contributed by atoms with E-state index in [1.807, 2.05) is 0 Å². The van der Waals surface area contributed by atoms with Crippen LogP contribution in [0.25, 0.3) is 0 Å². The van der Waals surface area contributed by atoms with Crippen molar-refractivity contribution in [3.05, 3.63) is 35.9 Å². The first-order valence-corrected chi connectivity index (χ1v) is 8.52. The summed E-state index contributed by atoms with van der Waals surface area (Å²) in [5.41, 5.74) is -6.09. The molecule has 12 heteroatoms. The van der Waals surface area contributed by atoms with Crippen molar-refractivity contribution in [1.82, 2.24) is 5.32 Å². The van der Waals surface area contributed by atoms with Crippen molar-refractivity contribution < 1.29 is 50.5 Å². The monoisotopic (exact) mass is 445 g/mol. The molecule has 30 heavy (non-hydrogen) atoms. The van der Waals surface area contributed by atoms with Gasteiger partial charge in [-0.15, -0.1) is 0 Å². The quantitative estimate of drug-likeness (QED) is 0.513. The van der Waals surface area contributed by atoms with Crippen LogP contribution in [0.15, 0.2) is 30.3 Å². The van der Waals surface area contributed by atoms with E-state index in [1.54, 1.807) is 35.6 Å². The average molecular weight is 445 g/mol. The van der Waals surface area contributed by atoms with Gasteiger partial charge in [-0.1, -0.05) is 30.3 Å². The Morgan fingerprint density at radius 3 is 1.93 bits per heavy atom. The fraction of sp³-hybridized carbons (Fsp3) is 0.556. The summed E-state index contributed by atoms with van der Waals surface area (Å²) in [6, 6.07) is 5.47. The Morgan fingerprint density at radius 2 is 1.50 bits per heavy atom. The first-order chi connectivity index (χ1) is 13.5. The molecule has 170 valence electrons. The molecule has 0 spiro atoms. The number of carbonyl (C=O) groups is 2. The van der Waals surface area contributed by atoms with E-state index < -0.39 is 48.1 Å². The lowest BCUT2D eigenvalue weighted by Gasteiger charge is -2.35.